The van der Waals surface area contributed by atoms with Crippen LogP contribution in [0.1, 0.15) is 41.2 Å². The van der Waals surface area contributed by atoms with Crippen LogP contribution in [0.2, 0.25) is 0 Å². The lowest BCUT2D eigenvalue weighted by molar-refractivity contribution is 0.0622. The summed E-state index contributed by atoms with van der Waals surface area (Å²) in [6.07, 6.45) is 0.921. The van der Waals surface area contributed by atoms with Gasteiger partial charge in [0.2, 0.25) is 0 Å². The van der Waals surface area contributed by atoms with Crippen LogP contribution < -0.4 is 0 Å². The summed E-state index contributed by atoms with van der Waals surface area (Å²) in [5.41, 5.74) is 4.21. The molecule has 1 amide bonds. The third kappa shape index (κ3) is 4.69. The van der Waals surface area contributed by atoms with E-state index in [1.165, 1.54) is 11.1 Å². The molecule has 0 bridgehead atoms. The van der Waals surface area contributed by atoms with E-state index < -0.39 is 0 Å². The van der Waals surface area contributed by atoms with Gasteiger partial charge in [0.15, 0.2) is 0 Å². The molecule has 1 saturated heterocycles. The van der Waals surface area contributed by atoms with Gasteiger partial charge in [-0.25, -0.2) is 0 Å². The number of aromatic nitrogens is 2. The summed E-state index contributed by atoms with van der Waals surface area (Å²) in [5, 5.41) is 7.21. The standard InChI is InChI=1S/C20H28N4O/c1-15(2)11-18-13-19(22-21-18)20(25)24-9-7-23(8-10-24)14-17-6-4-5-16(3)12-17/h4-6,12-13,15H,7-11,14H2,1-3H3,(H,21,22). The van der Waals surface area contributed by atoms with Crippen molar-refractivity contribution in [3.63, 3.8) is 0 Å². The number of carbonyl (C=O) groups excluding carboxylic acids is 1. The van der Waals surface area contributed by atoms with Crippen LogP contribution in [-0.2, 0) is 13.0 Å². The number of hydrogen-bond acceptors (Lipinski definition) is 3. The zero-order valence-corrected chi connectivity index (χ0v) is 15.5. The number of aromatic amines is 1. The molecule has 3 rings (SSSR count). The molecule has 0 spiro atoms. The summed E-state index contributed by atoms with van der Waals surface area (Å²) in [4.78, 5) is 17.0. The van der Waals surface area contributed by atoms with Gasteiger partial charge in [0.25, 0.3) is 5.91 Å². The van der Waals surface area contributed by atoms with E-state index in [1.807, 2.05) is 11.0 Å². The summed E-state index contributed by atoms with van der Waals surface area (Å²) >= 11 is 0. The Hall–Kier alpha value is -2.14. The molecule has 0 radical (unpaired) electrons. The molecule has 0 atom stereocenters. The molecule has 5 nitrogen and oxygen atoms in total. The van der Waals surface area contributed by atoms with Crippen LogP contribution >= 0.6 is 0 Å². The molecule has 1 aromatic heterocycles. The first-order chi connectivity index (χ1) is 12.0. The molecule has 1 aliphatic rings. The third-order valence-corrected chi connectivity index (χ3v) is 4.63. The highest BCUT2D eigenvalue weighted by Gasteiger charge is 2.24. The molecule has 134 valence electrons. The van der Waals surface area contributed by atoms with Gasteiger partial charge in [0.05, 0.1) is 0 Å². The van der Waals surface area contributed by atoms with Gasteiger partial charge in [-0.3, -0.25) is 14.8 Å². The Labute approximate surface area is 150 Å². The van der Waals surface area contributed by atoms with E-state index in [0.717, 1.165) is 44.8 Å². The Morgan fingerprint density at radius 3 is 2.64 bits per heavy atom. The number of benzene rings is 1. The first-order valence-corrected chi connectivity index (χ1v) is 9.12. The molecule has 1 N–H and O–H groups in total. The lowest BCUT2D eigenvalue weighted by Crippen LogP contribution is -2.48. The van der Waals surface area contributed by atoms with Crippen molar-refractivity contribution >= 4 is 5.91 Å². The van der Waals surface area contributed by atoms with Gasteiger partial charge in [-0.15, -0.1) is 0 Å². The molecule has 2 aromatic rings. The number of nitrogens with one attached hydrogen (secondary N) is 1. The summed E-state index contributed by atoms with van der Waals surface area (Å²) in [6, 6.07) is 10.5. The van der Waals surface area contributed by atoms with Gasteiger partial charge in [-0.05, 0) is 30.9 Å². The smallest absolute Gasteiger partial charge is 0.274 e. The number of amides is 1. The van der Waals surface area contributed by atoms with Gasteiger partial charge in [-0.2, -0.15) is 5.10 Å². The molecule has 0 unspecified atom stereocenters. The maximum atomic E-state index is 12.6. The Kier molecular flexibility index (Phi) is 5.53. The van der Waals surface area contributed by atoms with Crippen LogP contribution in [0.5, 0.6) is 0 Å². The van der Waals surface area contributed by atoms with Crippen LogP contribution in [0, 0.1) is 12.8 Å². The average molecular weight is 340 g/mol. The van der Waals surface area contributed by atoms with E-state index in [2.05, 4.69) is 60.1 Å². The van der Waals surface area contributed by atoms with Gasteiger partial charge < -0.3 is 4.90 Å². The van der Waals surface area contributed by atoms with Crippen molar-refractivity contribution in [3.05, 3.63) is 52.8 Å². The Morgan fingerprint density at radius 1 is 1.20 bits per heavy atom. The monoisotopic (exact) mass is 340 g/mol. The van der Waals surface area contributed by atoms with E-state index >= 15 is 0 Å². The predicted octanol–water partition coefficient (Wildman–Crippen LogP) is 2.87. The summed E-state index contributed by atoms with van der Waals surface area (Å²) in [6.45, 7) is 10.7. The Bertz CT molecular complexity index is 714. The SMILES string of the molecule is Cc1cccc(CN2CCN(C(=O)c3cc(CC(C)C)[nH]n3)CC2)c1. The van der Waals surface area contributed by atoms with Crippen LogP contribution in [-0.4, -0.2) is 52.1 Å². The van der Waals surface area contributed by atoms with E-state index in [1.54, 1.807) is 0 Å². The van der Waals surface area contributed by atoms with Crippen LogP contribution in [0.25, 0.3) is 0 Å². The molecular weight excluding hydrogens is 312 g/mol. The van der Waals surface area contributed by atoms with Crippen LogP contribution in [0.15, 0.2) is 30.3 Å². The fraction of sp³-hybridized carbons (Fsp3) is 0.500. The second kappa shape index (κ2) is 7.83. The minimum Gasteiger partial charge on any atom is -0.335 e. The number of rotatable bonds is 5. The van der Waals surface area contributed by atoms with E-state index in [0.29, 0.717) is 11.6 Å². The fourth-order valence-electron chi connectivity index (χ4n) is 3.36. The number of aryl methyl sites for hydroxylation is 1. The quantitative estimate of drug-likeness (QED) is 0.910. The second-order valence-electron chi connectivity index (χ2n) is 7.43. The normalized spacial score (nSPS) is 15.8. The number of carbonyl (C=O) groups is 1. The van der Waals surface area contributed by atoms with E-state index in [-0.39, 0.29) is 5.91 Å². The fourth-order valence-corrected chi connectivity index (χ4v) is 3.36. The third-order valence-electron chi connectivity index (χ3n) is 4.63. The highest BCUT2D eigenvalue weighted by molar-refractivity contribution is 5.92. The van der Waals surface area contributed by atoms with E-state index in [9.17, 15) is 4.79 Å². The number of nitrogens with zero attached hydrogens (tertiary/aromatic N) is 3. The topological polar surface area (TPSA) is 52.2 Å². The lowest BCUT2D eigenvalue weighted by Gasteiger charge is -2.34. The molecule has 5 heteroatoms. The molecule has 0 aliphatic carbocycles. The van der Waals surface area contributed by atoms with Crippen LogP contribution in [0.3, 0.4) is 0 Å². The van der Waals surface area contributed by atoms with Crippen molar-refractivity contribution < 1.29 is 4.79 Å². The van der Waals surface area contributed by atoms with Crippen molar-refractivity contribution in [2.75, 3.05) is 26.2 Å². The molecule has 1 fully saturated rings. The zero-order valence-electron chi connectivity index (χ0n) is 15.5. The minimum atomic E-state index is 0.0430. The number of H-pyrrole nitrogens is 1. The molecular formula is C20H28N4O. The maximum Gasteiger partial charge on any atom is 0.274 e. The van der Waals surface area contributed by atoms with E-state index in [4.69, 9.17) is 0 Å². The second-order valence-corrected chi connectivity index (χ2v) is 7.43. The number of piperazine rings is 1. The van der Waals surface area contributed by atoms with Gasteiger partial charge in [0, 0.05) is 38.4 Å². The minimum absolute atomic E-state index is 0.0430. The predicted molar refractivity (Wildman–Crippen MR) is 99.5 cm³/mol. The van der Waals surface area contributed by atoms with Gasteiger partial charge in [0.1, 0.15) is 5.69 Å². The molecule has 0 saturated carbocycles. The van der Waals surface area contributed by atoms with Crippen molar-refractivity contribution in [3.8, 4) is 0 Å². The average Bonchev–Trinajstić information content (AvgIpc) is 3.02. The zero-order chi connectivity index (χ0) is 17.8. The first kappa shape index (κ1) is 17.7. The highest BCUT2D eigenvalue weighted by atomic mass is 16.2. The van der Waals surface area contributed by atoms with Gasteiger partial charge in [-0.1, -0.05) is 43.7 Å². The van der Waals surface area contributed by atoms with Crippen molar-refractivity contribution in [2.45, 2.75) is 33.7 Å². The molecule has 2 heterocycles. The molecule has 1 aromatic carbocycles. The largest absolute Gasteiger partial charge is 0.335 e. The van der Waals surface area contributed by atoms with Gasteiger partial charge >= 0.3 is 0 Å². The number of hydrogen-bond donors (Lipinski definition) is 1. The lowest BCUT2D eigenvalue weighted by atomic mass is 10.1. The maximum absolute atomic E-state index is 12.6. The summed E-state index contributed by atoms with van der Waals surface area (Å²) in [5.74, 6) is 0.593. The van der Waals surface area contributed by atoms with Crippen molar-refractivity contribution in [1.29, 1.82) is 0 Å². The highest BCUT2D eigenvalue weighted by Crippen LogP contribution is 2.13. The Balaban J connectivity index is 1.53. The summed E-state index contributed by atoms with van der Waals surface area (Å²) < 4.78 is 0. The molecule has 1 aliphatic heterocycles. The Morgan fingerprint density at radius 2 is 1.96 bits per heavy atom. The first-order valence-electron chi connectivity index (χ1n) is 9.12. The van der Waals surface area contributed by atoms with Crippen molar-refractivity contribution in [2.24, 2.45) is 5.92 Å². The molecule has 25 heavy (non-hydrogen) atoms. The summed E-state index contributed by atoms with van der Waals surface area (Å²) in [7, 11) is 0. The van der Waals surface area contributed by atoms with Crippen molar-refractivity contribution in [1.82, 2.24) is 20.0 Å². The van der Waals surface area contributed by atoms with Crippen LogP contribution in [0.4, 0.5) is 0 Å².